The molecule has 30 heavy (non-hydrogen) atoms. The monoisotopic (exact) mass is 487 g/mol. The number of aromatic nitrogens is 2. The number of carbonyl (C=O) groups excluding carboxylic acids is 1. The van der Waals surface area contributed by atoms with Gasteiger partial charge in [0.1, 0.15) is 17.1 Å². The van der Waals surface area contributed by atoms with Crippen LogP contribution in [0.15, 0.2) is 68.0 Å². The number of benzene rings is 2. The summed E-state index contributed by atoms with van der Waals surface area (Å²) in [6.45, 7) is 1.53. The fraction of sp³-hybridized carbons (Fsp3) is 0.0952. The lowest BCUT2D eigenvalue weighted by Gasteiger charge is -2.13. The molecule has 6 nitrogen and oxygen atoms in total. The summed E-state index contributed by atoms with van der Waals surface area (Å²) >= 11 is 4.51. The molecule has 1 N–H and O–H groups in total. The number of amides is 1. The highest BCUT2D eigenvalue weighted by atomic mass is 79.9. The van der Waals surface area contributed by atoms with Crippen LogP contribution in [-0.2, 0) is 11.3 Å². The van der Waals surface area contributed by atoms with Crippen molar-refractivity contribution in [3.63, 3.8) is 0 Å². The summed E-state index contributed by atoms with van der Waals surface area (Å²) in [6, 6.07) is 12.5. The summed E-state index contributed by atoms with van der Waals surface area (Å²) in [7, 11) is 0. The minimum absolute atomic E-state index is 0.152. The second kappa shape index (κ2) is 8.00. The molecule has 0 fully saturated rings. The van der Waals surface area contributed by atoms with Crippen molar-refractivity contribution in [2.24, 2.45) is 0 Å². The van der Waals surface area contributed by atoms with Crippen molar-refractivity contribution in [3.8, 4) is 5.69 Å². The molecule has 152 valence electrons. The van der Waals surface area contributed by atoms with Crippen LogP contribution < -0.4 is 16.6 Å². The normalized spacial score (nSPS) is 11.0. The fourth-order valence-corrected chi connectivity index (χ4v) is 4.49. The summed E-state index contributed by atoms with van der Waals surface area (Å²) in [5.74, 6) is -1.14. The van der Waals surface area contributed by atoms with Crippen molar-refractivity contribution < 1.29 is 9.18 Å². The van der Waals surface area contributed by atoms with E-state index in [0.717, 1.165) is 25.9 Å². The Morgan fingerprint density at radius 3 is 2.67 bits per heavy atom. The van der Waals surface area contributed by atoms with Gasteiger partial charge in [-0.05, 0) is 54.3 Å². The fourth-order valence-electron chi connectivity index (χ4n) is 3.19. The Labute approximate surface area is 182 Å². The van der Waals surface area contributed by atoms with E-state index < -0.39 is 23.0 Å². The van der Waals surface area contributed by atoms with Crippen LogP contribution in [0.4, 0.5) is 10.1 Å². The van der Waals surface area contributed by atoms with Crippen LogP contribution in [0, 0.1) is 12.7 Å². The maximum absolute atomic E-state index is 14.3. The third-order valence-electron chi connectivity index (χ3n) is 4.61. The number of nitrogens with one attached hydrogen (secondary N) is 1. The predicted molar refractivity (Wildman–Crippen MR) is 119 cm³/mol. The Balaban J connectivity index is 1.80. The molecule has 9 heteroatoms. The van der Waals surface area contributed by atoms with Gasteiger partial charge in [0.2, 0.25) is 5.91 Å². The van der Waals surface area contributed by atoms with Crippen LogP contribution in [0.5, 0.6) is 0 Å². The molecule has 1 amide bonds. The zero-order valence-electron chi connectivity index (χ0n) is 15.7. The van der Waals surface area contributed by atoms with E-state index in [1.807, 2.05) is 13.0 Å². The van der Waals surface area contributed by atoms with Gasteiger partial charge in [0.05, 0.1) is 11.2 Å². The highest BCUT2D eigenvalue weighted by Gasteiger charge is 2.19. The predicted octanol–water partition coefficient (Wildman–Crippen LogP) is 4.06. The highest BCUT2D eigenvalue weighted by molar-refractivity contribution is 9.10. The van der Waals surface area contributed by atoms with Gasteiger partial charge in [-0.15, -0.1) is 11.3 Å². The number of hydrogen-bond donors (Lipinski definition) is 1. The number of hydrogen-bond acceptors (Lipinski definition) is 4. The standard InChI is InChI=1S/C21H15BrFN3O3S/c1-12-10-13(22)6-7-15(12)24-18(27)11-25-17-8-9-30-19(17)20(28)26(21(25)29)16-5-3-2-4-14(16)23/h2-10H,11H2,1H3,(H,24,27). The number of thiophene rings is 1. The second-order valence-electron chi connectivity index (χ2n) is 6.60. The van der Waals surface area contributed by atoms with Gasteiger partial charge in [-0.1, -0.05) is 28.1 Å². The van der Waals surface area contributed by atoms with Crippen LogP contribution >= 0.6 is 27.3 Å². The number of para-hydroxylation sites is 1. The highest BCUT2D eigenvalue weighted by Crippen LogP contribution is 2.21. The van der Waals surface area contributed by atoms with E-state index in [1.54, 1.807) is 23.6 Å². The minimum Gasteiger partial charge on any atom is -0.324 e. The van der Waals surface area contributed by atoms with E-state index >= 15 is 0 Å². The van der Waals surface area contributed by atoms with Gasteiger partial charge in [-0.25, -0.2) is 13.8 Å². The summed E-state index contributed by atoms with van der Waals surface area (Å²) in [5, 5.41) is 4.43. The average molecular weight is 488 g/mol. The van der Waals surface area contributed by atoms with E-state index in [-0.39, 0.29) is 16.9 Å². The van der Waals surface area contributed by atoms with Crippen molar-refractivity contribution >= 4 is 49.1 Å². The average Bonchev–Trinajstić information content (AvgIpc) is 3.19. The Hall–Kier alpha value is -3.04. The van der Waals surface area contributed by atoms with Crippen LogP contribution in [0.3, 0.4) is 0 Å². The molecule has 0 unspecified atom stereocenters. The van der Waals surface area contributed by atoms with Crippen LogP contribution in [0.25, 0.3) is 15.9 Å². The van der Waals surface area contributed by atoms with E-state index in [1.165, 1.54) is 28.8 Å². The molecule has 2 aromatic heterocycles. The molecule has 0 atom stereocenters. The summed E-state index contributed by atoms with van der Waals surface area (Å²) in [6.07, 6.45) is 0. The number of anilines is 1. The SMILES string of the molecule is Cc1cc(Br)ccc1NC(=O)Cn1c(=O)n(-c2ccccc2F)c(=O)c2sccc21. The second-order valence-corrected chi connectivity index (χ2v) is 8.43. The molecular weight excluding hydrogens is 473 g/mol. The maximum Gasteiger partial charge on any atom is 0.336 e. The van der Waals surface area contributed by atoms with Crippen molar-refractivity contribution in [2.75, 3.05) is 5.32 Å². The number of aryl methyl sites for hydroxylation is 1. The minimum atomic E-state index is -0.779. The summed E-state index contributed by atoms with van der Waals surface area (Å²) in [4.78, 5) is 38.7. The number of carbonyl (C=O) groups is 1. The zero-order chi connectivity index (χ0) is 21.4. The summed E-state index contributed by atoms with van der Waals surface area (Å²) in [5.41, 5.74) is 0.252. The van der Waals surface area contributed by atoms with E-state index in [0.29, 0.717) is 11.2 Å². The van der Waals surface area contributed by atoms with Gasteiger partial charge in [0.25, 0.3) is 5.56 Å². The lowest BCUT2D eigenvalue weighted by atomic mass is 10.2. The number of rotatable bonds is 4. The molecule has 0 spiro atoms. The van der Waals surface area contributed by atoms with Gasteiger partial charge in [-0.3, -0.25) is 14.2 Å². The molecule has 4 aromatic rings. The molecule has 0 aliphatic heterocycles. The van der Waals surface area contributed by atoms with E-state index in [9.17, 15) is 18.8 Å². The van der Waals surface area contributed by atoms with Crippen LogP contribution in [-0.4, -0.2) is 15.0 Å². The van der Waals surface area contributed by atoms with Crippen LogP contribution in [0.1, 0.15) is 5.56 Å². The summed E-state index contributed by atoms with van der Waals surface area (Å²) < 4.78 is 17.4. The number of nitrogens with zero attached hydrogens (tertiary/aromatic N) is 2. The van der Waals surface area contributed by atoms with Gasteiger partial charge in [-0.2, -0.15) is 0 Å². The van der Waals surface area contributed by atoms with Gasteiger partial charge in [0, 0.05) is 10.2 Å². The molecule has 0 aliphatic rings. The van der Waals surface area contributed by atoms with Gasteiger partial charge in [0.15, 0.2) is 0 Å². The van der Waals surface area contributed by atoms with Gasteiger partial charge >= 0.3 is 5.69 Å². The molecule has 0 aliphatic carbocycles. The first kappa shape index (κ1) is 20.2. The third kappa shape index (κ3) is 3.61. The Morgan fingerprint density at radius 2 is 1.93 bits per heavy atom. The lowest BCUT2D eigenvalue weighted by molar-refractivity contribution is -0.116. The van der Waals surface area contributed by atoms with E-state index in [4.69, 9.17) is 0 Å². The largest absolute Gasteiger partial charge is 0.336 e. The molecule has 2 heterocycles. The molecule has 4 rings (SSSR count). The first-order valence-electron chi connectivity index (χ1n) is 8.91. The quantitative estimate of drug-likeness (QED) is 0.471. The van der Waals surface area contributed by atoms with Crippen molar-refractivity contribution in [2.45, 2.75) is 13.5 Å². The Bertz CT molecular complexity index is 1410. The molecule has 0 saturated carbocycles. The molecule has 2 aromatic carbocycles. The van der Waals surface area contributed by atoms with Crippen molar-refractivity contribution in [3.05, 3.63) is 90.6 Å². The number of halogens is 2. The third-order valence-corrected chi connectivity index (χ3v) is 6.00. The van der Waals surface area contributed by atoms with Crippen molar-refractivity contribution in [1.82, 2.24) is 9.13 Å². The number of fused-ring (bicyclic) bond motifs is 1. The molecule has 0 saturated heterocycles. The topological polar surface area (TPSA) is 73.1 Å². The van der Waals surface area contributed by atoms with Crippen molar-refractivity contribution in [1.29, 1.82) is 0 Å². The van der Waals surface area contributed by atoms with E-state index in [2.05, 4.69) is 21.2 Å². The smallest absolute Gasteiger partial charge is 0.324 e. The van der Waals surface area contributed by atoms with Crippen LogP contribution in [0.2, 0.25) is 0 Å². The first-order valence-corrected chi connectivity index (χ1v) is 10.6. The zero-order valence-corrected chi connectivity index (χ0v) is 18.1. The Morgan fingerprint density at radius 1 is 1.17 bits per heavy atom. The maximum atomic E-state index is 14.3. The molecule has 0 radical (unpaired) electrons. The first-order chi connectivity index (χ1) is 14.4. The lowest BCUT2D eigenvalue weighted by Crippen LogP contribution is -2.40. The molecular formula is C21H15BrFN3O3S. The molecule has 0 bridgehead atoms. The van der Waals surface area contributed by atoms with Gasteiger partial charge < -0.3 is 5.32 Å². The Kier molecular flexibility index (Phi) is 5.40.